The summed E-state index contributed by atoms with van der Waals surface area (Å²) in [4.78, 5) is 28.2. The van der Waals surface area contributed by atoms with E-state index in [9.17, 15) is 14.0 Å². The van der Waals surface area contributed by atoms with Crippen LogP contribution in [0.2, 0.25) is 0 Å². The third-order valence-corrected chi connectivity index (χ3v) is 5.13. The zero-order chi connectivity index (χ0) is 17.8. The number of hydrogen-bond acceptors (Lipinski definition) is 3. The molecule has 2 saturated heterocycles. The second kappa shape index (κ2) is 9.19. The molecule has 0 bridgehead atoms. The van der Waals surface area contributed by atoms with Crippen LogP contribution in [0.3, 0.4) is 0 Å². The van der Waals surface area contributed by atoms with Crippen molar-refractivity contribution in [2.24, 2.45) is 11.7 Å². The molecule has 1 aromatic rings. The lowest BCUT2D eigenvalue weighted by atomic mass is 9.83. The number of hydrogen-bond donors (Lipinski definition) is 2. The molecule has 0 saturated carbocycles. The average Bonchev–Trinajstić information content (AvgIpc) is 2.62. The van der Waals surface area contributed by atoms with Gasteiger partial charge in [-0.2, -0.15) is 0 Å². The van der Waals surface area contributed by atoms with Crippen LogP contribution in [0.25, 0.3) is 0 Å². The minimum absolute atomic E-state index is 0. The predicted molar refractivity (Wildman–Crippen MR) is 99.4 cm³/mol. The minimum Gasteiger partial charge on any atom is -0.338 e. The van der Waals surface area contributed by atoms with Crippen molar-refractivity contribution in [1.29, 1.82) is 0 Å². The first kappa shape index (κ1) is 20.5. The Balaban J connectivity index is 0.00000243. The number of halogens is 2. The molecule has 2 atom stereocenters. The van der Waals surface area contributed by atoms with Gasteiger partial charge in [-0.25, -0.2) is 9.18 Å². The van der Waals surface area contributed by atoms with E-state index in [1.165, 1.54) is 12.1 Å². The maximum absolute atomic E-state index is 13.2. The number of nitrogens with zero attached hydrogens (tertiary/aromatic N) is 2. The van der Waals surface area contributed by atoms with Gasteiger partial charge in [-0.05, 0) is 36.5 Å². The topological polar surface area (TPSA) is 78.7 Å². The van der Waals surface area contributed by atoms with Crippen molar-refractivity contribution in [3.05, 3.63) is 35.6 Å². The maximum atomic E-state index is 13.2. The highest BCUT2D eigenvalue weighted by Crippen LogP contribution is 2.31. The van der Waals surface area contributed by atoms with Crippen molar-refractivity contribution in [2.45, 2.75) is 31.8 Å². The molecule has 2 fully saturated rings. The lowest BCUT2D eigenvalue weighted by molar-refractivity contribution is -0.140. The van der Waals surface area contributed by atoms with E-state index in [1.807, 2.05) is 4.90 Å². The second-order valence-electron chi connectivity index (χ2n) is 6.77. The molecule has 2 aliphatic rings. The highest BCUT2D eigenvalue weighted by molar-refractivity contribution is 5.85. The van der Waals surface area contributed by atoms with Gasteiger partial charge in [-0.15, -0.1) is 12.4 Å². The van der Waals surface area contributed by atoms with Crippen LogP contribution in [0.5, 0.6) is 0 Å². The number of piperidine rings is 2. The molecular weight excluding hydrogens is 359 g/mol. The largest absolute Gasteiger partial charge is 0.338 e. The first-order valence-electron chi connectivity index (χ1n) is 8.85. The average molecular weight is 385 g/mol. The summed E-state index contributed by atoms with van der Waals surface area (Å²) >= 11 is 0. The SMILES string of the molecule is Cl.NCCN1C(=O)CC[C@H]2CN(C(=O)NCc3cccc(F)c3)CC[C@H]21. The van der Waals surface area contributed by atoms with Gasteiger partial charge >= 0.3 is 6.03 Å². The molecule has 3 N–H and O–H groups in total. The zero-order valence-corrected chi connectivity index (χ0v) is 15.5. The van der Waals surface area contributed by atoms with Crippen LogP contribution in [0.4, 0.5) is 9.18 Å². The van der Waals surface area contributed by atoms with E-state index in [0.29, 0.717) is 45.1 Å². The van der Waals surface area contributed by atoms with Crippen LogP contribution in [-0.2, 0) is 11.3 Å². The zero-order valence-electron chi connectivity index (χ0n) is 14.7. The predicted octanol–water partition coefficient (Wildman–Crippen LogP) is 1.73. The third-order valence-electron chi connectivity index (χ3n) is 5.13. The van der Waals surface area contributed by atoms with Crippen molar-refractivity contribution in [3.63, 3.8) is 0 Å². The fourth-order valence-electron chi connectivity index (χ4n) is 3.90. The second-order valence-corrected chi connectivity index (χ2v) is 6.77. The minimum atomic E-state index is -0.306. The van der Waals surface area contributed by atoms with Crippen molar-refractivity contribution in [2.75, 3.05) is 26.2 Å². The fraction of sp³-hybridized carbons (Fsp3) is 0.556. The van der Waals surface area contributed by atoms with Crippen LogP contribution < -0.4 is 11.1 Å². The highest BCUT2D eigenvalue weighted by Gasteiger charge is 2.39. The Labute approximate surface area is 159 Å². The molecule has 26 heavy (non-hydrogen) atoms. The molecule has 0 aromatic heterocycles. The van der Waals surface area contributed by atoms with Crippen LogP contribution in [-0.4, -0.2) is 54.0 Å². The van der Waals surface area contributed by atoms with E-state index in [4.69, 9.17) is 5.73 Å². The summed E-state index contributed by atoms with van der Waals surface area (Å²) in [6.07, 6.45) is 2.13. The quantitative estimate of drug-likeness (QED) is 0.829. The lowest BCUT2D eigenvalue weighted by Gasteiger charge is -2.47. The Hall–Kier alpha value is -1.86. The summed E-state index contributed by atoms with van der Waals surface area (Å²) in [6.45, 7) is 2.62. The van der Waals surface area contributed by atoms with Gasteiger partial charge in [0.15, 0.2) is 0 Å². The summed E-state index contributed by atoms with van der Waals surface area (Å²) in [7, 11) is 0. The summed E-state index contributed by atoms with van der Waals surface area (Å²) in [6, 6.07) is 6.28. The van der Waals surface area contributed by atoms with Gasteiger partial charge in [0.25, 0.3) is 0 Å². The Morgan fingerprint density at radius 3 is 2.88 bits per heavy atom. The number of amides is 3. The van der Waals surface area contributed by atoms with Crippen molar-refractivity contribution >= 4 is 24.3 Å². The maximum Gasteiger partial charge on any atom is 0.317 e. The van der Waals surface area contributed by atoms with E-state index in [2.05, 4.69) is 5.32 Å². The van der Waals surface area contributed by atoms with Gasteiger partial charge in [-0.1, -0.05) is 12.1 Å². The van der Waals surface area contributed by atoms with Crippen LogP contribution in [0, 0.1) is 11.7 Å². The monoisotopic (exact) mass is 384 g/mol. The molecular formula is C18H26ClFN4O2. The van der Waals surface area contributed by atoms with E-state index >= 15 is 0 Å². The number of nitrogens with one attached hydrogen (secondary N) is 1. The number of likely N-dealkylation sites (tertiary alicyclic amines) is 2. The van der Waals surface area contributed by atoms with E-state index < -0.39 is 0 Å². The smallest absolute Gasteiger partial charge is 0.317 e. The van der Waals surface area contributed by atoms with Crippen LogP contribution in [0.1, 0.15) is 24.8 Å². The van der Waals surface area contributed by atoms with Gasteiger partial charge in [0.05, 0.1) is 0 Å². The van der Waals surface area contributed by atoms with Crippen LogP contribution >= 0.6 is 12.4 Å². The van der Waals surface area contributed by atoms with Crippen molar-refractivity contribution < 1.29 is 14.0 Å². The van der Waals surface area contributed by atoms with Gasteiger partial charge < -0.3 is 20.9 Å². The molecule has 0 spiro atoms. The first-order valence-corrected chi connectivity index (χ1v) is 8.85. The number of carbonyl (C=O) groups is 2. The van der Waals surface area contributed by atoms with E-state index in [1.54, 1.807) is 17.0 Å². The molecule has 144 valence electrons. The van der Waals surface area contributed by atoms with Gasteiger partial charge in [0.2, 0.25) is 5.91 Å². The molecule has 8 heteroatoms. The number of rotatable bonds is 4. The summed E-state index contributed by atoms with van der Waals surface area (Å²) in [5.41, 5.74) is 6.37. The normalized spacial score (nSPS) is 22.5. The van der Waals surface area contributed by atoms with Gasteiger partial charge in [0.1, 0.15) is 5.82 Å². The Bertz CT molecular complexity index is 645. The van der Waals surface area contributed by atoms with Gasteiger partial charge in [-0.3, -0.25) is 4.79 Å². The molecule has 0 aliphatic carbocycles. The molecule has 1 aromatic carbocycles. The molecule has 3 amide bonds. The number of urea groups is 1. The number of benzene rings is 1. The third kappa shape index (κ3) is 4.65. The van der Waals surface area contributed by atoms with Crippen molar-refractivity contribution in [3.8, 4) is 0 Å². The summed E-state index contributed by atoms with van der Waals surface area (Å²) in [5.74, 6) is 0.174. The Morgan fingerprint density at radius 1 is 1.35 bits per heavy atom. The molecule has 6 nitrogen and oxygen atoms in total. The molecule has 0 radical (unpaired) electrons. The van der Waals surface area contributed by atoms with Crippen molar-refractivity contribution in [1.82, 2.24) is 15.1 Å². The first-order chi connectivity index (χ1) is 12.1. The number of carbonyl (C=O) groups excluding carboxylic acids is 2. The summed E-state index contributed by atoms with van der Waals surface area (Å²) < 4.78 is 13.2. The van der Waals surface area contributed by atoms with E-state index in [-0.39, 0.29) is 36.2 Å². The standard InChI is InChI=1S/C18H25FN4O2.ClH/c19-15-3-1-2-13(10-15)11-21-18(25)22-8-6-16-14(12-22)4-5-17(24)23(16)9-7-20;/h1-3,10,14,16H,4-9,11-12,20H2,(H,21,25);1H/t14-,16+;/m0./s1. The molecule has 3 rings (SSSR count). The number of fused-ring (bicyclic) bond motifs is 1. The number of nitrogens with two attached hydrogens (primary N) is 1. The van der Waals surface area contributed by atoms with E-state index in [0.717, 1.165) is 18.4 Å². The molecule has 0 unspecified atom stereocenters. The summed E-state index contributed by atoms with van der Waals surface area (Å²) in [5, 5.41) is 2.86. The molecule has 2 heterocycles. The van der Waals surface area contributed by atoms with Crippen LogP contribution in [0.15, 0.2) is 24.3 Å². The molecule has 2 aliphatic heterocycles. The van der Waals surface area contributed by atoms with Gasteiger partial charge in [0, 0.05) is 45.2 Å². The highest BCUT2D eigenvalue weighted by atomic mass is 35.5. The lowest BCUT2D eigenvalue weighted by Crippen LogP contribution is -2.58. The Kier molecular flexibility index (Phi) is 7.23. The fourth-order valence-corrected chi connectivity index (χ4v) is 3.90. The Morgan fingerprint density at radius 2 is 2.15 bits per heavy atom.